The smallest absolute Gasteiger partial charge is 0.119 e. The van der Waals surface area contributed by atoms with E-state index in [1.165, 1.54) is 16.3 Å². The monoisotopic (exact) mass is 262 g/mol. The van der Waals surface area contributed by atoms with Crippen LogP contribution in [0.4, 0.5) is 0 Å². The molecule has 0 bridgehead atoms. The summed E-state index contributed by atoms with van der Waals surface area (Å²) >= 11 is 6.09. The van der Waals surface area contributed by atoms with E-state index in [-0.39, 0.29) is 5.41 Å². The number of methoxy groups -OCH3 is 1. The maximum absolute atomic E-state index is 6.09. The Labute approximate surface area is 111 Å². The summed E-state index contributed by atoms with van der Waals surface area (Å²) in [4.78, 5) is 0. The van der Waals surface area contributed by atoms with Gasteiger partial charge < -0.3 is 9.47 Å². The molecule has 0 radical (unpaired) electrons. The van der Waals surface area contributed by atoms with Crippen LogP contribution >= 0.6 is 11.6 Å². The van der Waals surface area contributed by atoms with Crippen molar-refractivity contribution in [2.75, 3.05) is 26.2 Å². The highest BCUT2D eigenvalue weighted by Gasteiger charge is 2.39. The molecular formula is C15H15ClO2. The Morgan fingerprint density at radius 2 is 1.89 bits per heavy atom. The lowest BCUT2D eigenvalue weighted by Crippen LogP contribution is -2.48. The van der Waals surface area contributed by atoms with Crippen molar-refractivity contribution in [3.63, 3.8) is 0 Å². The summed E-state index contributed by atoms with van der Waals surface area (Å²) in [5, 5.41) is 2.40. The van der Waals surface area contributed by atoms with Gasteiger partial charge in [0, 0.05) is 5.88 Å². The van der Waals surface area contributed by atoms with Gasteiger partial charge in [0.15, 0.2) is 0 Å². The van der Waals surface area contributed by atoms with Crippen LogP contribution < -0.4 is 4.74 Å². The fourth-order valence-electron chi connectivity index (χ4n) is 2.35. The fraction of sp³-hybridized carbons (Fsp3) is 0.333. The molecular weight excluding hydrogens is 248 g/mol. The van der Waals surface area contributed by atoms with E-state index in [2.05, 4.69) is 24.3 Å². The molecule has 2 nitrogen and oxygen atoms in total. The van der Waals surface area contributed by atoms with Crippen molar-refractivity contribution in [3.8, 4) is 5.75 Å². The molecule has 1 aliphatic rings. The fourth-order valence-corrected chi connectivity index (χ4v) is 2.66. The number of rotatable bonds is 3. The zero-order valence-corrected chi connectivity index (χ0v) is 11.0. The standard InChI is InChI=1S/C15H15ClO2/c1-17-14-5-3-11-6-13(4-2-12(11)7-14)15(8-16)9-18-10-15/h2-7H,8-10H2,1H3. The summed E-state index contributed by atoms with van der Waals surface area (Å²) < 4.78 is 10.6. The number of fused-ring (bicyclic) bond motifs is 1. The van der Waals surface area contributed by atoms with E-state index in [1.54, 1.807) is 7.11 Å². The predicted octanol–water partition coefficient (Wildman–Crippen LogP) is 3.36. The van der Waals surface area contributed by atoms with Gasteiger partial charge in [0.1, 0.15) is 5.75 Å². The largest absolute Gasteiger partial charge is 0.497 e. The zero-order valence-electron chi connectivity index (χ0n) is 10.3. The Hall–Kier alpha value is -1.25. The molecule has 0 amide bonds. The van der Waals surface area contributed by atoms with E-state index in [0.29, 0.717) is 5.88 Å². The molecule has 1 heterocycles. The van der Waals surface area contributed by atoms with E-state index < -0.39 is 0 Å². The van der Waals surface area contributed by atoms with Gasteiger partial charge >= 0.3 is 0 Å². The quantitative estimate of drug-likeness (QED) is 0.790. The molecule has 3 rings (SSSR count). The van der Waals surface area contributed by atoms with Gasteiger partial charge in [-0.1, -0.05) is 24.3 Å². The first-order valence-corrected chi connectivity index (χ1v) is 6.53. The highest BCUT2D eigenvalue weighted by atomic mass is 35.5. The molecule has 1 aliphatic heterocycles. The van der Waals surface area contributed by atoms with E-state index in [1.807, 2.05) is 12.1 Å². The molecule has 2 aromatic carbocycles. The topological polar surface area (TPSA) is 18.5 Å². The van der Waals surface area contributed by atoms with Crippen LogP contribution in [0.2, 0.25) is 0 Å². The molecule has 0 aromatic heterocycles. The lowest BCUT2D eigenvalue weighted by atomic mass is 9.80. The second-order valence-corrected chi connectivity index (χ2v) is 5.10. The third-order valence-corrected chi connectivity index (χ3v) is 4.18. The zero-order chi connectivity index (χ0) is 12.6. The van der Waals surface area contributed by atoms with Gasteiger partial charge in [-0.25, -0.2) is 0 Å². The summed E-state index contributed by atoms with van der Waals surface area (Å²) in [5.41, 5.74) is 1.27. The van der Waals surface area contributed by atoms with Gasteiger partial charge in [-0.15, -0.1) is 11.6 Å². The summed E-state index contributed by atoms with van der Waals surface area (Å²) in [7, 11) is 1.68. The van der Waals surface area contributed by atoms with Gasteiger partial charge in [0.05, 0.1) is 25.7 Å². The van der Waals surface area contributed by atoms with Gasteiger partial charge in [0.2, 0.25) is 0 Å². The van der Waals surface area contributed by atoms with Crippen molar-refractivity contribution >= 4 is 22.4 Å². The Morgan fingerprint density at radius 3 is 2.50 bits per heavy atom. The highest BCUT2D eigenvalue weighted by Crippen LogP contribution is 2.35. The molecule has 1 saturated heterocycles. The summed E-state index contributed by atoms with van der Waals surface area (Å²) in [5.74, 6) is 1.49. The minimum absolute atomic E-state index is 0.00960. The van der Waals surface area contributed by atoms with Gasteiger partial charge in [0.25, 0.3) is 0 Å². The van der Waals surface area contributed by atoms with E-state index in [4.69, 9.17) is 21.1 Å². The Balaban J connectivity index is 2.06. The number of hydrogen-bond acceptors (Lipinski definition) is 2. The Bertz CT molecular complexity index is 570. The normalized spacial score (nSPS) is 17.4. The lowest BCUT2D eigenvalue weighted by molar-refractivity contribution is -0.0479. The minimum atomic E-state index is 0.00960. The van der Waals surface area contributed by atoms with Crippen molar-refractivity contribution < 1.29 is 9.47 Å². The number of halogens is 1. The average Bonchev–Trinajstić information content (AvgIpc) is 2.37. The molecule has 0 spiro atoms. The summed E-state index contributed by atoms with van der Waals surface area (Å²) in [6.07, 6.45) is 0. The lowest BCUT2D eigenvalue weighted by Gasteiger charge is -2.40. The molecule has 3 heteroatoms. The van der Waals surface area contributed by atoms with Crippen molar-refractivity contribution in [1.29, 1.82) is 0 Å². The molecule has 0 aliphatic carbocycles. The third kappa shape index (κ3) is 1.76. The molecule has 0 saturated carbocycles. The van der Waals surface area contributed by atoms with Crippen LogP contribution in [0, 0.1) is 0 Å². The van der Waals surface area contributed by atoms with Crippen molar-refractivity contribution in [1.82, 2.24) is 0 Å². The molecule has 94 valence electrons. The van der Waals surface area contributed by atoms with Crippen LogP contribution in [0.15, 0.2) is 36.4 Å². The van der Waals surface area contributed by atoms with Crippen LogP contribution in [0.1, 0.15) is 5.56 Å². The number of benzene rings is 2. The molecule has 0 unspecified atom stereocenters. The Morgan fingerprint density at radius 1 is 1.17 bits per heavy atom. The molecule has 2 aromatic rings. The minimum Gasteiger partial charge on any atom is -0.497 e. The average molecular weight is 263 g/mol. The van der Waals surface area contributed by atoms with Crippen LogP contribution in [0.5, 0.6) is 5.75 Å². The predicted molar refractivity (Wildman–Crippen MR) is 73.7 cm³/mol. The maximum atomic E-state index is 6.09. The highest BCUT2D eigenvalue weighted by molar-refractivity contribution is 6.18. The Kier molecular flexibility index (Phi) is 2.92. The number of ether oxygens (including phenoxy) is 2. The van der Waals surface area contributed by atoms with Gasteiger partial charge in [-0.2, -0.15) is 0 Å². The van der Waals surface area contributed by atoms with Crippen LogP contribution in [0.25, 0.3) is 10.8 Å². The van der Waals surface area contributed by atoms with Crippen LogP contribution in [-0.2, 0) is 10.2 Å². The second-order valence-electron chi connectivity index (χ2n) is 4.83. The SMILES string of the molecule is COc1ccc2cc(C3(CCl)COC3)ccc2c1. The van der Waals surface area contributed by atoms with E-state index in [9.17, 15) is 0 Å². The summed E-state index contributed by atoms with van der Waals surface area (Å²) in [6, 6.07) is 12.6. The first kappa shape index (κ1) is 11.8. The van der Waals surface area contributed by atoms with Crippen molar-refractivity contribution in [2.45, 2.75) is 5.41 Å². The second kappa shape index (κ2) is 4.45. The van der Waals surface area contributed by atoms with Crippen LogP contribution in [0.3, 0.4) is 0 Å². The third-order valence-electron chi connectivity index (χ3n) is 3.67. The number of hydrogen-bond donors (Lipinski definition) is 0. The molecule has 0 N–H and O–H groups in total. The number of alkyl halides is 1. The molecule has 18 heavy (non-hydrogen) atoms. The molecule has 1 fully saturated rings. The van der Waals surface area contributed by atoms with E-state index in [0.717, 1.165) is 19.0 Å². The van der Waals surface area contributed by atoms with Gasteiger partial charge in [-0.3, -0.25) is 0 Å². The van der Waals surface area contributed by atoms with Gasteiger partial charge in [-0.05, 0) is 28.5 Å². The first-order chi connectivity index (χ1) is 8.77. The maximum Gasteiger partial charge on any atom is 0.119 e. The van der Waals surface area contributed by atoms with Crippen molar-refractivity contribution in [3.05, 3.63) is 42.0 Å². The first-order valence-electron chi connectivity index (χ1n) is 5.99. The van der Waals surface area contributed by atoms with Crippen LogP contribution in [-0.4, -0.2) is 26.2 Å². The summed E-state index contributed by atoms with van der Waals surface area (Å²) in [6.45, 7) is 1.44. The van der Waals surface area contributed by atoms with Crippen molar-refractivity contribution in [2.24, 2.45) is 0 Å². The van der Waals surface area contributed by atoms with E-state index >= 15 is 0 Å². The molecule has 0 atom stereocenters.